The van der Waals surface area contributed by atoms with Gasteiger partial charge in [0.2, 0.25) is 0 Å². The number of nitrogens with zero attached hydrogens (tertiary/aromatic N) is 5. The Balaban J connectivity index is 1.38. The van der Waals surface area contributed by atoms with Crippen LogP contribution in [0.4, 0.5) is 10.2 Å². The lowest BCUT2D eigenvalue weighted by Crippen LogP contribution is -2.37. The highest BCUT2D eigenvalue weighted by Crippen LogP contribution is 2.36. The maximum absolute atomic E-state index is 14.3. The van der Waals surface area contributed by atoms with Crippen molar-refractivity contribution in [1.29, 1.82) is 0 Å². The molecule has 1 atom stereocenters. The molecule has 1 aliphatic heterocycles. The Morgan fingerprint density at radius 3 is 2.90 bits per heavy atom. The third kappa shape index (κ3) is 3.13. The lowest BCUT2D eigenvalue weighted by Gasteiger charge is -2.34. The molecule has 1 saturated carbocycles. The predicted molar refractivity (Wildman–Crippen MR) is 111 cm³/mol. The monoisotopic (exact) mass is 417 g/mol. The fourth-order valence-corrected chi connectivity index (χ4v) is 4.14. The number of aromatic amines is 1. The van der Waals surface area contributed by atoms with Crippen LogP contribution in [-0.2, 0) is 6.42 Å². The van der Waals surface area contributed by atoms with Gasteiger partial charge in [0.05, 0.1) is 23.3 Å². The first kappa shape index (κ1) is 18.1. The van der Waals surface area contributed by atoms with Crippen molar-refractivity contribution in [3.8, 4) is 0 Å². The van der Waals surface area contributed by atoms with Crippen LogP contribution in [0.1, 0.15) is 46.3 Å². The molecule has 2 N–H and O–H groups in total. The predicted octanol–water partition coefficient (Wildman–Crippen LogP) is 2.64. The minimum atomic E-state index is -0.324. The van der Waals surface area contributed by atoms with Crippen LogP contribution in [0.15, 0.2) is 49.1 Å². The van der Waals surface area contributed by atoms with Crippen molar-refractivity contribution in [1.82, 2.24) is 29.9 Å². The topological polar surface area (TPSA) is 91.2 Å². The van der Waals surface area contributed by atoms with E-state index in [0.29, 0.717) is 29.4 Å². The van der Waals surface area contributed by atoms with Crippen LogP contribution in [0.3, 0.4) is 0 Å². The van der Waals surface area contributed by atoms with E-state index in [2.05, 4.69) is 30.3 Å². The van der Waals surface area contributed by atoms with Gasteiger partial charge in [0.15, 0.2) is 0 Å². The van der Waals surface area contributed by atoms with Gasteiger partial charge in [-0.1, -0.05) is 0 Å². The van der Waals surface area contributed by atoms with Crippen molar-refractivity contribution >= 4 is 17.2 Å². The van der Waals surface area contributed by atoms with Crippen molar-refractivity contribution in [2.75, 3.05) is 11.4 Å². The number of rotatable bonds is 4. The number of hydrogen-bond acceptors (Lipinski definition) is 5. The second kappa shape index (κ2) is 6.90. The molecule has 0 saturated heterocycles. The first-order valence-electron chi connectivity index (χ1n) is 10.4. The normalized spacial score (nSPS) is 18.2. The standard InChI is InChI=1S/C22H20FN7O/c23-15-2-1-8-30-18(15)10-17(28-30)21-20-16(25-12-26-20)7-9-29(21)19-6-3-13(11-24-19)22(31)27-14-4-5-14/h1-3,6,8,10-12,14,21H,4-5,7,9H2,(H,25,26)(H,27,31)/t21-/m0/s1. The smallest absolute Gasteiger partial charge is 0.253 e. The number of anilines is 1. The Bertz CT molecular complexity index is 1270. The fraction of sp³-hybridized carbons (Fsp3) is 0.273. The largest absolute Gasteiger partial charge is 0.349 e. The van der Waals surface area contributed by atoms with E-state index in [9.17, 15) is 9.18 Å². The SMILES string of the molecule is O=C(NC1CC1)c1ccc(N2CCc3[nH]cnc3[C@@H]2c2cc3c(F)cccn3n2)nc1. The Kier molecular flexibility index (Phi) is 4.02. The molecular formula is C22H20FN7O. The highest BCUT2D eigenvalue weighted by molar-refractivity contribution is 5.94. The minimum absolute atomic E-state index is 0.0952. The molecule has 2 aliphatic rings. The van der Waals surface area contributed by atoms with E-state index in [1.165, 1.54) is 6.07 Å². The van der Waals surface area contributed by atoms with Gasteiger partial charge < -0.3 is 15.2 Å². The van der Waals surface area contributed by atoms with Crippen LogP contribution < -0.4 is 10.2 Å². The molecule has 9 heteroatoms. The van der Waals surface area contributed by atoms with E-state index in [-0.39, 0.29) is 17.8 Å². The van der Waals surface area contributed by atoms with Gasteiger partial charge in [0.1, 0.15) is 23.2 Å². The number of pyridine rings is 2. The third-order valence-corrected chi connectivity index (χ3v) is 5.89. The molecule has 5 heterocycles. The Morgan fingerprint density at radius 2 is 2.13 bits per heavy atom. The summed E-state index contributed by atoms with van der Waals surface area (Å²) >= 11 is 0. The number of amides is 1. The van der Waals surface area contributed by atoms with Crippen molar-refractivity contribution in [3.63, 3.8) is 0 Å². The van der Waals surface area contributed by atoms with Crippen LogP contribution >= 0.6 is 0 Å². The molecule has 1 amide bonds. The molecular weight excluding hydrogens is 397 g/mol. The van der Waals surface area contributed by atoms with E-state index < -0.39 is 0 Å². The Morgan fingerprint density at radius 1 is 1.23 bits per heavy atom. The summed E-state index contributed by atoms with van der Waals surface area (Å²) in [6.45, 7) is 0.691. The zero-order valence-corrected chi connectivity index (χ0v) is 16.6. The quantitative estimate of drug-likeness (QED) is 0.533. The molecule has 156 valence electrons. The van der Waals surface area contributed by atoms with Gasteiger partial charge >= 0.3 is 0 Å². The molecule has 4 aromatic heterocycles. The lowest BCUT2D eigenvalue weighted by molar-refractivity contribution is 0.0950. The molecule has 6 rings (SSSR count). The van der Waals surface area contributed by atoms with Gasteiger partial charge in [0, 0.05) is 37.1 Å². The molecule has 0 aromatic carbocycles. The Hall–Kier alpha value is -3.75. The highest BCUT2D eigenvalue weighted by Gasteiger charge is 2.34. The van der Waals surface area contributed by atoms with E-state index in [4.69, 9.17) is 0 Å². The fourth-order valence-electron chi connectivity index (χ4n) is 4.14. The summed E-state index contributed by atoms with van der Waals surface area (Å²) in [6.07, 6.45) is 7.87. The average Bonchev–Trinajstić information content (AvgIpc) is 3.29. The summed E-state index contributed by atoms with van der Waals surface area (Å²) in [4.78, 5) is 26.7. The summed E-state index contributed by atoms with van der Waals surface area (Å²) < 4.78 is 15.8. The molecule has 0 bridgehead atoms. The van der Waals surface area contributed by atoms with Crippen molar-refractivity contribution < 1.29 is 9.18 Å². The molecule has 4 aromatic rings. The molecule has 0 spiro atoms. The number of fused-ring (bicyclic) bond motifs is 2. The maximum atomic E-state index is 14.3. The Labute approximate surface area is 177 Å². The van der Waals surface area contributed by atoms with Gasteiger partial charge in [-0.05, 0) is 43.2 Å². The summed E-state index contributed by atoms with van der Waals surface area (Å²) in [5.74, 6) is 0.302. The molecule has 0 unspecified atom stereocenters. The van der Waals surface area contributed by atoms with Gasteiger partial charge in [0.25, 0.3) is 5.91 Å². The minimum Gasteiger partial charge on any atom is -0.349 e. The van der Waals surface area contributed by atoms with Crippen LogP contribution in [0.25, 0.3) is 5.52 Å². The number of imidazole rings is 1. The van der Waals surface area contributed by atoms with Gasteiger partial charge in [-0.3, -0.25) is 4.79 Å². The average molecular weight is 417 g/mol. The summed E-state index contributed by atoms with van der Waals surface area (Å²) in [6, 6.07) is 8.44. The summed E-state index contributed by atoms with van der Waals surface area (Å²) in [7, 11) is 0. The van der Waals surface area contributed by atoms with Gasteiger partial charge in [-0.2, -0.15) is 5.10 Å². The highest BCUT2D eigenvalue weighted by atomic mass is 19.1. The van der Waals surface area contributed by atoms with Crippen LogP contribution in [0.2, 0.25) is 0 Å². The first-order valence-corrected chi connectivity index (χ1v) is 10.4. The number of carbonyl (C=O) groups is 1. The van der Waals surface area contributed by atoms with Crippen molar-refractivity contribution in [2.24, 2.45) is 0 Å². The number of H-pyrrole nitrogens is 1. The van der Waals surface area contributed by atoms with Gasteiger partial charge in [-0.25, -0.2) is 18.9 Å². The second-order valence-electron chi connectivity index (χ2n) is 8.02. The number of hydrogen-bond donors (Lipinski definition) is 2. The van der Waals surface area contributed by atoms with Crippen molar-refractivity contribution in [2.45, 2.75) is 31.3 Å². The number of nitrogens with one attached hydrogen (secondary N) is 2. The first-order chi connectivity index (χ1) is 15.2. The van der Waals surface area contributed by atoms with E-state index in [1.807, 2.05) is 6.07 Å². The number of carbonyl (C=O) groups excluding carboxylic acids is 1. The number of halogens is 1. The molecule has 0 radical (unpaired) electrons. The van der Waals surface area contributed by atoms with E-state index in [1.54, 1.807) is 41.4 Å². The maximum Gasteiger partial charge on any atom is 0.253 e. The van der Waals surface area contributed by atoms with Crippen LogP contribution in [0.5, 0.6) is 0 Å². The second-order valence-corrected chi connectivity index (χ2v) is 8.02. The number of aromatic nitrogens is 5. The van der Waals surface area contributed by atoms with Crippen LogP contribution in [0, 0.1) is 5.82 Å². The third-order valence-electron chi connectivity index (χ3n) is 5.89. The molecule has 1 aliphatic carbocycles. The summed E-state index contributed by atoms with van der Waals surface area (Å²) in [5.41, 5.74) is 3.54. The van der Waals surface area contributed by atoms with Gasteiger partial charge in [-0.15, -0.1) is 0 Å². The molecule has 8 nitrogen and oxygen atoms in total. The molecule has 1 fully saturated rings. The van der Waals surface area contributed by atoms with E-state index in [0.717, 1.165) is 36.5 Å². The zero-order chi connectivity index (χ0) is 20.9. The van der Waals surface area contributed by atoms with Crippen LogP contribution in [-0.4, -0.2) is 43.1 Å². The van der Waals surface area contributed by atoms with E-state index >= 15 is 0 Å². The zero-order valence-electron chi connectivity index (χ0n) is 16.6. The summed E-state index contributed by atoms with van der Waals surface area (Å²) in [5, 5.41) is 7.60. The van der Waals surface area contributed by atoms with Crippen molar-refractivity contribution in [3.05, 3.63) is 77.5 Å². The molecule has 31 heavy (non-hydrogen) atoms. The lowest BCUT2D eigenvalue weighted by atomic mass is 9.99.